The molecule has 3 N–H and O–H groups in total. The van der Waals surface area contributed by atoms with Crippen molar-refractivity contribution in [3.8, 4) is 34.5 Å². The maximum Gasteiger partial charge on any atom is 0.231 e. The molecule has 0 unspecified atom stereocenters. The van der Waals surface area contributed by atoms with Crippen LogP contribution in [0.5, 0.6) is 34.5 Å². The highest BCUT2D eigenvalue weighted by molar-refractivity contribution is 6.44. The normalized spacial score (nSPS) is 14.8. The summed E-state index contributed by atoms with van der Waals surface area (Å²) in [5.41, 5.74) is -0.304. The molecule has 40 heavy (non-hydrogen) atoms. The van der Waals surface area contributed by atoms with Crippen LogP contribution < -0.4 is 34.5 Å². The van der Waals surface area contributed by atoms with Crippen LogP contribution in [0.2, 0.25) is 0 Å². The lowest BCUT2D eigenvalue weighted by Gasteiger charge is -2.28. The summed E-state index contributed by atoms with van der Waals surface area (Å²) in [5.74, 6) is 0.411. The average Bonchev–Trinajstić information content (AvgIpc) is 3.41. The summed E-state index contributed by atoms with van der Waals surface area (Å²) in [6, 6.07) is 2.61. The van der Waals surface area contributed by atoms with Crippen molar-refractivity contribution in [3.05, 3.63) is 43.7 Å². The largest absolute Gasteiger partial charge is 0.504 e. The van der Waals surface area contributed by atoms with Gasteiger partial charge in [-0.05, 0) is 25.0 Å². The second-order valence-corrected chi connectivity index (χ2v) is 10.0. The molecule has 0 saturated heterocycles. The molecular formula is C30H24O10. The third-order valence-electron chi connectivity index (χ3n) is 8.06. The highest BCUT2D eigenvalue weighted by atomic mass is 16.7. The molecule has 10 nitrogen and oxygen atoms in total. The first-order valence-electron chi connectivity index (χ1n) is 12.6. The number of ether oxygens (including phenoxy) is 5. The maximum atomic E-state index is 13.6. The topological polar surface area (TPSA) is 141 Å². The number of phenolic OH excluding ortho intramolecular Hbond substituents is 1. The van der Waals surface area contributed by atoms with Gasteiger partial charge >= 0.3 is 0 Å². The van der Waals surface area contributed by atoms with Gasteiger partial charge in [-0.1, -0.05) is 0 Å². The van der Waals surface area contributed by atoms with Gasteiger partial charge in [0.15, 0.2) is 33.9 Å². The van der Waals surface area contributed by atoms with E-state index in [0.29, 0.717) is 48.7 Å². The third kappa shape index (κ3) is 2.64. The molecule has 0 spiro atoms. The van der Waals surface area contributed by atoms with Crippen molar-refractivity contribution >= 4 is 53.9 Å². The Hall–Kier alpha value is -4.54. The van der Waals surface area contributed by atoms with E-state index in [1.165, 1.54) is 40.4 Å². The molecule has 204 valence electrons. The van der Waals surface area contributed by atoms with Crippen LogP contribution in [0.4, 0.5) is 0 Å². The van der Waals surface area contributed by atoms with E-state index in [2.05, 4.69) is 0 Å². The minimum absolute atomic E-state index is 0.0208. The predicted molar refractivity (Wildman–Crippen MR) is 149 cm³/mol. The fourth-order valence-corrected chi connectivity index (χ4v) is 6.76. The first-order valence-corrected chi connectivity index (χ1v) is 12.6. The molecule has 1 aliphatic heterocycles. The molecule has 7 rings (SSSR count). The summed E-state index contributed by atoms with van der Waals surface area (Å²) < 4.78 is 28.9. The minimum atomic E-state index is -1.16. The number of hydrogen-bond acceptors (Lipinski definition) is 10. The Morgan fingerprint density at radius 2 is 1.10 bits per heavy atom. The number of aromatic hydroxyl groups is 1. The molecule has 0 fully saturated rings. The smallest absolute Gasteiger partial charge is 0.231 e. The van der Waals surface area contributed by atoms with Crippen molar-refractivity contribution in [2.45, 2.75) is 26.1 Å². The number of rotatable bonds is 5. The van der Waals surface area contributed by atoms with Crippen LogP contribution in [-0.2, 0) is 0 Å². The summed E-state index contributed by atoms with van der Waals surface area (Å²) >= 11 is 0. The molecule has 6 aromatic rings. The van der Waals surface area contributed by atoms with Gasteiger partial charge in [0.1, 0.15) is 11.5 Å². The standard InChI is InChI=1S/C30H24O10/c1-9(31)15-16(10(2)32)26-24-22-18(29-30(26)40-8-39-29)12(34)7-14(37-4)20(22)19-13(36-3)6-11(33)17-21(19)23(24)25(15)28(38-5)27(17)35/h6-7,9-10,31-32,35H,8H2,1-5H3/t9-,10-/m1/s1. The van der Waals surface area contributed by atoms with Crippen molar-refractivity contribution in [1.82, 2.24) is 0 Å². The molecule has 2 atom stereocenters. The maximum absolute atomic E-state index is 13.6. The summed E-state index contributed by atoms with van der Waals surface area (Å²) in [5, 5.41) is 37.4. The Morgan fingerprint density at radius 1 is 0.650 bits per heavy atom. The quantitative estimate of drug-likeness (QED) is 0.215. The molecule has 0 aromatic heterocycles. The van der Waals surface area contributed by atoms with E-state index in [9.17, 15) is 24.9 Å². The molecule has 1 heterocycles. The van der Waals surface area contributed by atoms with Gasteiger partial charge in [-0.15, -0.1) is 0 Å². The minimum Gasteiger partial charge on any atom is -0.504 e. The SMILES string of the molecule is COc1c(O)c2c(=O)cc(OC)c3c4c(OC)cc(=O)c5c6c(c7c([C@@H](C)O)c([C@@H](C)O)c1c(c23)c7c54)OCO6. The molecule has 10 heteroatoms. The zero-order valence-electron chi connectivity index (χ0n) is 22.2. The van der Waals surface area contributed by atoms with Gasteiger partial charge in [0.25, 0.3) is 0 Å². The fraction of sp³-hybridized carbons (Fsp3) is 0.267. The van der Waals surface area contributed by atoms with Crippen LogP contribution in [0.3, 0.4) is 0 Å². The van der Waals surface area contributed by atoms with Crippen molar-refractivity contribution in [1.29, 1.82) is 0 Å². The summed E-state index contributed by atoms with van der Waals surface area (Å²) in [6.45, 7) is 2.92. The molecule has 0 amide bonds. The van der Waals surface area contributed by atoms with E-state index in [0.717, 1.165) is 0 Å². The second kappa shape index (κ2) is 8.00. The molecule has 0 aliphatic carbocycles. The first kappa shape index (κ1) is 24.5. The van der Waals surface area contributed by atoms with Crippen LogP contribution in [0.1, 0.15) is 37.2 Å². The van der Waals surface area contributed by atoms with Crippen LogP contribution in [0.15, 0.2) is 21.7 Å². The Bertz CT molecular complexity index is 2110. The van der Waals surface area contributed by atoms with E-state index >= 15 is 0 Å². The third-order valence-corrected chi connectivity index (χ3v) is 8.06. The fourth-order valence-electron chi connectivity index (χ4n) is 6.76. The molecule has 0 bridgehead atoms. The van der Waals surface area contributed by atoms with E-state index in [1.54, 1.807) is 6.92 Å². The van der Waals surface area contributed by atoms with E-state index < -0.39 is 23.4 Å². The number of aliphatic hydroxyl groups is 2. The first-order chi connectivity index (χ1) is 19.2. The van der Waals surface area contributed by atoms with Gasteiger partial charge in [-0.3, -0.25) is 9.59 Å². The Labute approximate surface area is 225 Å². The molecule has 0 radical (unpaired) electrons. The Kier molecular flexibility index (Phi) is 4.90. The second-order valence-electron chi connectivity index (χ2n) is 10.0. The summed E-state index contributed by atoms with van der Waals surface area (Å²) in [6.07, 6.45) is -2.29. The summed E-state index contributed by atoms with van der Waals surface area (Å²) in [4.78, 5) is 27.2. The van der Waals surface area contributed by atoms with Gasteiger partial charge in [-0.2, -0.15) is 0 Å². The zero-order chi connectivity index (χ0) is 28.4. The lowest BCUT2D eigenvalue weighted by Crippen LogP contribution is -2.12. The van der Waals surface area contributed by atoms with Crippen LogP contribution in [-0.4, -0.2) is 43.4 Å². The number of aliphatic hydroxyl groups excluding tert-OH is 2. The number of phenols is 1. The van der Waals surface area contributed by atoms with Crippen LogP contribution >= 0.6 is 0 Å². The number of hydrogen-bond donors (Lipinski definition) is 3. The van der Waals surface area contributed by atoms with Crippen molar-refractivity contribution in [2.24, 2.45) is 0 Å². The lowest BCUT2D eigenvalue weighted by molar-refractivity contribution is 0.173. The number of methoxy groups -OCH3 is 3. The van der Waals surface area contributed by atoms with Crippen molar-refractivity contribution < 1.29 is 39.0 Å². The van der Waals surface area contributed by atoms with Crippen molar-refractivity contribution in [3.63, 3.8) is 0 Å². The van der Waals surface area contributed by atoms with Gasteiger partial charge < -0.3 is 39.0 Å². The van der Waals surface area contributed by atoms with E-state index in [4.69, 9.17) is 23.7 Å². The Morgan fingerprint density at radius 3 is 1.62 bits per heavy atom. The van der Waals surface area contributed by atoms with Gasteiger partial charge in [0.05, 0.1) is 44.3 Å². The van der Waals surface area contributed by atoms with E-state index in [-0.39, 0.29) is 57.3 Å². The molecule has 6 aromatic carbocycles. The monoisotopic (exact) mass is 544 g/mol. The lowest BCUT2D eigenvalue weighted by atomic mass is 9.78. The highest BCUT2D eigenvalue weighted by Crippen LogP contribution is 2.60. The number of fused-ring (bicyclic) bond motifs is 4. The van der Waals surface area contributed by atoms with Crippen LogP contribution in [0, 0.1) is 0 Å². The van der Waals surface area contributed by atoms with E-state index in [1.807, 2.05) is 0 Å². The Balaban J connectivity index is 2.06. The average molecular weight is 545 g/mol. The summed E-state index contributed by atoms with van der Waals surface area (Å²) in [7, 11) is 4.20. The van der Waals surface area contributed by atoms with Gasteiger partial charge in [0, 0.05) is 55.2 Å². The zero-order valence-corrected chi connectivity index (χ0v) is 22.2. The molecule has 0 saturated carbocycles. The predicted octanol–water partition coefficient (Wildman–Crippen LogP) is 4.05. The van der Waals surface area contributed by atoms with Crippen molar-refractivity contribution in [2.75, 3.05) is 28.1 Å². The molecular weight excluding hydrogens is 520 g/mol. The van der Waals surface area contributed by atoms with Crippen LogP contribution in [0.25, 0.3) is 53.9 Å². The van der Waals surface area contributed by atoms with Gasteiger partial charge in [0.2, 0.25) is 6.79 Å². The molecule has 1 aliphatic rings. The van der Waals surface area contributed by atoms with Gasteiger partial charge in [-0.25, -0.2) is 0 Å². The number of benzene rings is 6. The highest BCUT2D eigenvalue weighted by Gasteiger charge is 2.37.